The maximum absolute atomic E-state index is 12.7. The molecule has 1 aromatic rings. The van der Waals surface area contributed by atoms with E-state index in [0.29, 0.717) is 18.7 Å². The molecule has 1 aromatic carbocycles. The number of rotatable bonds is 7. The zero-order chi connectivity index (χ0) is 19.2. The summed E-state index contributed by atoms with van der Waals surface area (Å²) in [6.07, 6.45) is 3.80. The van der Waals surface area contributed by atoms with Gasteiger partial charge in [0.15, 0.2) is 9.84 Å². The molecule has 0 aliphatic carbocycles. The minimum atomic E-state index is -3.55. The molecule has 1 amide bonds. The molecular weight excluding hydrogens is 376 g/mol. The first-order valence-electron chi connectivity index (χ1n) is 8.85. The molecule has 0 atom stereocenters. The van der Waals surface area contributed by atoms with E-state index in [1.165, 1.54) is 28.6 Å². The lowest BCUT2D eigenvalue weighted by Crippen LogP contribution is -2.32. The zero-order valence-corrected chi connectivity index (χ0v) is 16.6. The van der Waals surface area contributed by atoms with Gasteiger partial charge in [0, 0.05) is 31.0 Å². The topological polar surface area (TPSA) is 101 Å². The fraction of sp³-hybridized carbons (Fsp3) is 0.588. The molecule has 1 N–H and O–H groups in total. The standard InChI is InChI=1S/C17H26N2O5S2/c1-2-25(21,22)14-11-18-17(20)15-7-9-16(10-8-15)26(23,24)19-12-5-3-4-6-13-19/h7-10H,2-6,11-14H2,1H3,(H,18,20). The van der Waals surface area contributed by atoms with Crippen molar-refractivity contribution in [2.75, 3.05) is 31.1 Å². The summed E-state index contributed by atoms with van der Waals surface area (Å²) in [5.74, 6) is -0.502. The number of carbonyl (C=O) groups excluding carboxylic acids is 1. The normalized spacial score (nSPS) is 16.8. The quantitative estimate of drug-likeness (QED) is 0.743. The molecule has 146 valence electrons. The maximum atomic E-state index is 12.7. The van der Waals surface area contributed by atoms with Gasteiger partial charge < -0.3 is 5.32 Å². The van der Waals surface area contributed by atoms with Crippen molar-refractivity contribution in [1.29, 1.82) is 0 Å². The van der Waals surface area contributed by atoms with E-state index in [1.807, 2.05) is 0 Å². The lowest BCUT2D eigenvalue weighted by atomic mass is 10.2. The summed E-state index contributed by atoms with van der Waals surface area (Å²) >= 11 is 0. The lowest BCUT2D eigenvalue weighted by molar-refractivity contribution is 0.0956. The van der Waals surface area contributed by atoms with Gasteiger partial charge in [0.05, 0.1) is 10.6 Å². The Hall–Kier alpha value is -1.45. The number of nitrogens with zero attached hydrogens (tertiary/aromatic N) is 1. The Labute approximate surface area is 155 Å². The summed E-state index contributed by atoms with van der Waals surface area (Å²) < 4.78 is 49.7. The highest BCUT2D eigenvalue weighted by molar-refractivity contribution is 7.91. The van der Waals surface area contributed by atoms with E-state index in [9.17, 15) is 21.6 Å². The Kier molecular flexibility index (Phi) is 7.19. The van der Waals surface area contributed by atoms with Gasteiger partial charge in [0.2, 0.25) is 10.0 Å². The van der Waals surface area contributed by atoms with Crippen LogP contribution >= 0.6 is 0 Å². The van der Waals surface area contributed by atoms with Crippen molar-refractivity contribution in [3.8, 4) is 0 Å². The highest BCUT2D eigenvalue weighted by Crippen LogP contribution is 2.20. The molecule has 0 unspecified atom stereocenters. The van der Waals surface area contributed by atoms with Crippen LogP contribution in [0.4, 0.5) is 0 Å². The van der Waals surface area contributed by atoms with Crippen LogP contribution in [0.2, 0.25) is 0 Å². The average Bonchev–Trinajstić information content (AvgIpc) is 2.91. The first kappa shape index (κ1) is 20.9. The fourth-order valence-electron chi connectivity index (χ4n) is 2.78. The second kappa shape index (κ2) is 8.96. The molecule has 0 spiro atoms. The number of nitrogens with one attached hydrogen (secondary N) is 1. The molecule has 2 rings (SSSR count). The molecule has 26 heavy (non-hydrogen) atoms. The summed E-state index contributed by atoms with van der Waals surface area (Å²) in [6, 6.07) is 5.76. The van der Waals surface area contributed by atoms with Gasteiger partial charge in [-0.2, -0.15) is 4.31 Å². The van der Waals surface area contributed by atoms with Crippen molar-refractivity contribution < 1.29 is 21.6 Å². The van der Waals surface area contributed by atoms with Crippen LogP contribution in [0.1, 0.15) is 43.0 Å². The Morgan fingerprint density at radius 1 is 1.00 bits per heavy atom. The van der Waals surface area contributed by atoms with Gasteiger partial charge in [-0.3, -0.25) is 4.79 Å². The van der Waals surface area contributed by atoms with E-state index in [-0.39, 0.29) is 22.9 Å². The van der Waals surface area contributed by atoms with Gasteiger partial charge in [-0.05, 0) is 37.1 Å². The molecule has 0 aromatic heterocycles. The maximum Gasteiger partial charge on any atom is 0.251 e. The summed E-state index contributed by atoms with van der Waals surface area (Å²) in [5, 5.41) is 2.54. The van der Waals surface area contributed by atoms with Crippen LogP contribution in [-0.2, 0) is 19.9 Å². The molecule has 0 saturated carbocycles. The number of sulfonamides is 1. The number of amides is 1. The van der Waals surface area contributed by atoms with Crippen LogP contribution in [0, 0.1) is 0 Å². The second-order valence-corrected chi connectivity index (χ2v) is 10.7. The SMILES string of the molecule is CCS(=O)(=O)CCNC(=O)c1ccc(S(=O)(=O)N2CCCCCC2)cc1. The van der Waals surface area contributed by atoms with Gasteiger partial charge in [-0.15, -0.1) is 0 Å². The predicted molar refractivity (Wildman–Crippen MR) is 100 cm³/mol. The van der Waals surface area contributed by atoms with Crippen LogP contribution in [-0.4, -0.2) is 58.2 Å². The summed E-state index contributed by atoms with van der Waals surface area (Å²) in [4.78, 5) is 12.2. The summed E-state index contributed by atoms with van der Waals surface area (Å²) in [5.41, 5.74) is 0.300. The third kappa shape index (κ3) is 5.52. The Morgan fingerprint density at radius 3 is 2.12 bits per heavy atom. The predicted octanol–water partition coefficient (Wildman–Crippen LogP) is 1.42. The second-order valence-electron chi connectivity index (χ2n) is 6.33. The molecule has 1 aliphatic rings. The van der Waals surface area contributed by atoms with E-state index < -0.39 is 25.8 Å². The largest absolute Gasteiger partial charge is 0.351 e. The molecule has 7 nitrogen and oxygen atoms in total. The Morgan fingerprint density at radius 2 is 1.58 bits per heavy atom. The smallest absolute Gasteiger partial charge is 0.251 e. The number of benzene rings is 1. The van der Waals surface area contributed by atoms with E-state index in [0.717, 1.165) is 25.7 Å². The van der Waals surface area contributed by atoms with Crippen LogP contribution in [0.5, 0.6) is 0 Å². The minimum absolute atomic E-state index is 0.0306. The highest BCUT2D eigenvalue weighted by atomic mass is 32.2. The molecular formula is C17H26N2O5S2. The zero-order valence-electron chi connectivity index (χ0n) is 15.0. The minimum Gasteiger partial charge on any atom is -0.351 e. The number of hydrogen-bond donors (Lipinski definition) is 1. The molecule has 0 bridgehead atoms. The monoisotopic (exact) mass is 402 g/mol. The summed E-state index contributed by atoms with van der Waals surface area (Å²) in [6.45, 7) is 2.64. The number of hydrogen-bond acceptors (Lipinski definition) is 5. The van der Waals surface area contributed by atoms with E-state index in [1.54, 1.807) is 6.92 Å². The van der Waals surface area contributed by atoms with Gasteiger partial charge in [-0.1, -0.05) is 19.8 Å². The molecule has 0 radical (unpaired) electrons. The molecule has 1 saturated heterocycles. The Bertz CT molecular complexity index is 809. The lowest BCUT2D eigenvalue weighted by Gasteiger charge is -2.20. The van der Waals surface area contributed by atoms with Crippen molar-refractivity contribution in [1.82, 2.24) is 9.62 Å². The van der Waals surface area contributed by atoms with Crippen LogP contribution in [0.25, 0.3) is 0 Å². The first-order chi connectivity index (χ1) is 12.3. The molecule has 9 heteroatoms. The van der Waals surface area contributed by atoms with Crippen LogP contribution < -0.4 is 5.32 Å². The van der Waals surface area contributed by atoms with Crippen molar-refractivity contribution in [3.63, 3.8) is 0 Å². The number of carbonyl (C=O) groups is 1. The van der Waals surface area contributed by atoms with E-state index in [4.69, 9.17) is 0 Å². The fourth-order valence-corrected chi connectivity index (χ4v) is 4.99. The number of sulfone groups is 1. The van der Waals surface area contributed by atoms with Crippen molar-refractivity contribution in [2.45, 2.75) is 37.5 Å². The van der Waals surface area contributed by atoms with E-state index >= 15 is 0 Å². The van der Waals surface area contributed by atoms with Crippen molar-refractivity contribution in [2.24, 2.45) is 0 Å². The van der Waals surface area contributed by atoms with Gasteiger partial charge >= 0.3 is 0 Å². The average molecular weight is 403 g/mol. The molecule has 1 heterocycles. The van der Waals surface area contributed by atoms with Crippen LogP contribution in [0.15, 0.2) is 29.2 Å². The molecule has 1 aliphatic heterocycles. The molecule has 1 fully saturated rings. The third-order valence-corrected chi connectivity index (χ3v) is 8.08. The summed E-state index contributed by atoms with van der Waals surface area (Å²) in [7, 11) is -6.68. The Balaban J connectivity index is 2.01. The van der Waals surface area contributed by atoms with Gasteiger partial charge in [0.25, 0.3) is 5.91 Å². The van der Waals surface area contributed by atoms with Gasteiger partial charge in [-0.25, -0.2) is 16.8 Å². The van der Waals surface area contributed by atoms with Crippen molar-refractivity contribution in [3.05, 3.63) is 29.8 Å². The van der Waals surface area contributed by atoms with Crippen molar-refractivity contribution >= 4 is 25.8 Å². The van der Waals surface area contributed by atoms with E-state index in [2.05, 4.69) is 5.32 Å². The third-order valence-electron chi connectivity index (χ3n) is 4.46. The van der Waals surface area contributed by atoms with Gasteiger partial charge in [0.1, 0.15) is 0 Å². The first-order valence-corrected chi connectivity index (χ1v) is 12.1. The highest BCUT2D eigenvalue weighted by Gasteiger charge is 2.25. The van der Waals surface area contributed by atoms with Crippen LogP contribution in [0.3, 0.4) is 0 Å².